The predicted octanol–water partition coefficient (Wildman–Crippen LogP) is 5.02. The Balaban J connectivity index is 1.70. The Hall–Kier alpha value is -3.72. The summed E-state index contributed by atoms with van der Waals surface area (Å²) in [5.41, 5.74) is 5.96. The van der Waals surface area contributed by atoms with E-state index in [2.05, 4.69) is 10.5 Å². The van der Waals surface area contributed by atoms with Crippen molar-refractivity contribution in [3.8, 4) is 0 Å². The minimum Gasteiger partial charge on any atom is -0.267 e. The molecule has 0 heterocycles. The molecule has 0 radical (unpaired) electrons. The lowest BCUT2D eigenvalue weighted by atomic mass is 10.0. The molecular formula is C24H18N2O. The van der Waals surface area contributed by atoms with Crippen molar-refractivity contribution in [3.05, 3.63) is 120 Å². The van der Waals surface area contributed by atoms with E-state index in [1.807, 2.05) is 103 Å². The van der Waals surface area contributed by atoms with E-state index in [0.717, 1.165) is 27.6 Å². The van der Waals surface area contributed by atoms with Gasteiger partial charge in [-0.15, -0.1) is 0 Å². The van der Waals surface area contributed by atoms with Crippen LogP contribution in [0.3, 0.4) is 0 Å². The quantitative estimate of drug-likeness (QED) is 0.407. The molecule has 0 fully saturated rings. The Kier molecular flexibility index (Phi) is 4.75. The van der Waals surface area contributed by atoms with E-state index in [4.69, 9.17) is 0 Å². The summed E-state index contributed by atoms with van der Waals surface area (Å²) in [5.74, 6) is -0.226. The van der Waals surface area contributed by atoms with Gasteiger partial charge in [0, 0.05) is 16.7 Å². The SMILES string of the molecule is O=C(NN=C(c1ccccc1)c1ccccc1)c1cccc2ccccc12. The molecule has 0 saturated heterocycles. The Bertz CT molecular complexity index is 1060. The van der Waals surface area contributed by atoms with Gasteiger partial charge in [-0.3, -0.25) is 4.79 Å². The van der Waals surface area contributed by atoms with Gasteiger partial charge < -0.3 is 0 Å². The van der Waals surface area contributed by atoms with Crippen molar-refractivity contribution in [2.24, 2.45) is 5.10 Å². The van der Waals surface area contributed by atoms with Gasteiger partial charge in [0.1, 0.15) is 0 Å². The van der Waals surface area contributed by atoms with Crippen LogP contribution in [0.2, 0.25) is 0 Å². The molecule has 1 amide bonds. The van der Waals surface area contributed by atoms with Crippen LogP contribution in [0.4, 0.5) is 0 Å². The highest BCUT2D eigenvalue weighted by molar-refractivity contribution is 6.14. The number of benzene rings is 4. The molecule has 4 rings (SSSR count). The molecule has 4 aromatic rings. The van der Waals surface area contributed by atoms with Crippen LogP contribution in [-0.2, 0) is 0 Å². The zero-order valence-electron chi connectivity index (χ0n) is 14.7. The highest BCUT2D eigenvalue weighted by atomic mass is 16.2. The number of rotatable bonds is 4. The molecule has 0 aromatic heterocycles. The van der Waals surface area contributed by atoms with Crippen molar-refractivity contribution >= 4 is 22.4 Å². The van der Waals surface area contributed by atoms with E-state index >= 15 is 0 Å². The minimum atomic E-state index is -0.226. The van der Waals surface area contributed by atoms with Gasteiger partial charge in [-0.05, 0) is 16.8 Å². The Morgan fingerprint density at radius 2 is 1.19 bits per heavy atom. The van der Waals surface area contributed by atoms with Crippen LogP contribution in [0.5, 0.6) is 0 Å². The molecule has 0 atom stereocenters. The molecule has 0 bridgehead atoms. The van der Waals surface area contributed by atoms with Gasteiger partial charge in [-0.2, -0.15) is 5.10 Å². The van der Waals surface area contributed by atoms with Crippen LogP contribution in [0.1, 0.15) is 21.5 Å². The van der Waals surface area contributed by atoms with Crippen LogP contribution in [-0.4, -0.2) is 11.6 Å². The normalized spacial score (nSPS) is 10.4. The molecule has 1 N–H and O–H groups in total. The molecule has 27 heavy (non-hydrogen) atoms. The zero-order chi connectivity index (χ0) is 18.5. The standard InChI is InChI=1S/C24H18N2O/c27-24(22-17-9-15-18-10-7-8-16-21(18)22)26-25-23(19-11-3-1-4-12-19)20-13-5-2-6-14-20/h1-17H,(H,26,27). The summed E-state index contributed by atoms with van der Waals surface area (Å²) >= 11 is 0. The van der Waals surface area contributed by atoms with Crippen LogP contribution in [0.25, 0.3) is 10.8 Å². The number of amides is 1. The smallest absolute Gasteiger partial charge is 0.267 e. The third-order valence-corrected chi connectivity index (χ3v) is 4.40. The second-order valence-electron chi connectivity index (χ2n) is 6.16. The maximum absolute atomic E-state index is 12.8. The Morgan fingerprint density at radius 1 is 0.630 bits per heavy atom. The predicted molar refractivity (Wildman–Crippen MR) is 110 cm³/mol. The minimum absolute atomic E-state index is 0.226. The Morgan fingerprint density at radius 3 is 1.85 bits per heavy atom. The number of hydrogen-bond donors (Lipinski definition) is 1. The fraction of sp³-hybridized carbons (Fsp3) is 0. The van der Waals surface area contributed by atoms with Crippen molar-refractivity contribution in [1.82, 2.24) is 5.43 Å². The first-order valence-corrected chi connectivity index (χ1v) is 8.79. The maximum atomic E-state index is 12.8. The highest BCUT2D eigenvalue weighted by Gasteiger charge is 2.11. The van der Waals surface area contributed by atoms with Gasteiger partial charge in [0.05, 0.1) is 5.71 Å². The first-order valence-electron chi connectivity index (χ1n) is 8.79. The molecular weight excluding hydrogens is 332 g/mol. The lowest BCUT2D eigenvalue weighted by molar-refractivity contribution is 0.0956. The van der Waals surface area contributed by atoms with Gasteiger partial charge in [0.25, 0.3) is 5.91 Å². The third-order valence-electron chi connectivity index (χ3n) is 4.40. The van der Waals surface area contributed by atoms with E-state index in [0.29, 0.717) is 5.56 Å². The van der Waals surface area contributed by atoms with Crippen molar-refractivity contribution < 1.29 is 4.79 Å². The average Bonchev–Trinajstić information content (AvgIpc) is 2.75. The van der Waals surface area contributed by atoms with Crippen molar-refractivity contribution in [2.45, 2.75) is 0 Å². The summed E-state index contributed by atoms with van der Waals surface area (Å²) in [4.78, 5) is 12.8. The fourth-order valence-corrected chi connectivity index (χ4v) is 3.08. The topological polar surface area (TPSA) is 41.5 Å². The molecule has 0 aliphatic heterocycles. The summed E-state index contributed by atoms with van der Waals surface area (Å²) in [5, 5.41) is 6.40. The van der Waals surface area contributed by atoms with E-state index in [1.165, 1.54) is 0 Å². The summed E-state index contributed by atoms with van der Waals surface area (Å²) in [6.45, 7) is 0. The number of carbonyl (C=O) groups is 1. The molecule has 130 valence electrons. The Labute approximate surface area is 158 Å². The van der Waals surface area contributed by atoms with Crippen LogP contribution < -0.4 is 5.43 Å². The molecule has 0 saturated carbocycles. The summed E-state index contributed by atoms with van der Waals surface area (Å²) in [6.07, 6.45) is 0. The second kappa shape index (κ2) is 7.67. The lowest BCUT2D eigenvalue weighted by Crippen LogP contribution is -2.21. The maximum Gasteiger partial charge on any atom is 0.272 e. The molecule has 0 aliphatic rings. The van der Waals surface area contributed by atoms with Crippen molar-refractivity contribution in [1.29, 1.82) is 0 Å². The number of nitrogens with one attached hydrogen (secondary N) is 1. The van der Waals surface area contributed by atoms with E-state index < -0.39 is 0 Å². The number of nitrogens with zero attached hydrogens (tertiary/aromatic N) is 1. The fourth-order valence-electron chi connectivity index (χ4n) is 3.08. The molecule has 3 heteroatoms. The number of hydrazone groups is 1. The van der Waals surface area contributed by atoms with Gasteiger partial charge in [0.15, 0.2) is 0 Å². The second-order valence-corrected chi connectivity index (χ2v) is 6.16. The molecule has 4 aromatic carbocycles. The van der Waals surface area contributed by atoms with E-state index in [9.17, 15) is 4.79 Å². The molecule has 0 aliphatic carbocycles. The van der Waals surface area contributed by atoms with Crippen molar-refractivity contribution in [3.63, 3.8) is 0 Å². The van der Waals surface area contributed by atoms with Crippen LogP contribution >= 0.6 is 0 Å². The van der Waals surface area contributed by atoms with Gasteiger partial charge in [-0.25, -0.2) is 5.43 Å². The summed E-state index contributed by atoms with van der Waals surface area (Å²) in [6, 6.07) is 33.2. The molecule has 0 spiro atoms. The number of fused-ring (bicyclic) bond motifs is 1. The van der Waals surface area contributed by atoms with Crippen LogP contribution in [0.15, 0.2) is 108 Å². The zero-order valence-corrected chi connectivity index (χ0v) is 14.7. The lowest BCUT2D eigenvalue weighted by Gasteiger charge is -2.09. The molecule has 3 nitrogen and oxygen atoms in total. The number of hydrogen-bond acceptors (Lipinski definition) is 2. The van der Waals surface area contributed by atoms with Gasteiger partial charge in [-0.1, -0.05) is 97.1 Å². The first kappa shape index (κ1) is 16.7. The van der Waals surface area contributed by atoms with E-state index in [1.54, 1.807) is 0 Å². The van der Waals surface area contributed by atoms with Crippen molar-refractivity contribution in [2.75, 3.05) is 0 Å². The third kappa shape index (κ3) is 3.62. The highest BCUT2D eigenvalue weighted by Crippen LogP contribution is 2.18. The largest absolute Gasteiger partial charge is 0.272 e. The summed E-state index contributed by atoms with van der Waals surface area (Å²) < 4.78 is 0. The average molecular weight is 350 g/mol. The van der Waals surface area contributed by atoms with Gasteiger partial charge in [0.2, 0.25) is 0 Å². The van der Waals surface area contributed by atoms with Gasteiger partial charge >= 0.3 is 0 Å². The summed E-state index contributed by atoms with van der Waals surface area (Å²) in [7, 11) is 0. The van der Waals surface area contributed by atoms with Crippen LogP contribution in [0, 0.1) is 0 Å². The molecule has 0 unspecified atom stereocenters. The van der Waals surface area contributed by atoms with E-state index in [-0.39, 0.29) is 5.91 Å². The monoisotopic (exact) mass is 350 g/mol. The first-order chi connectivity index (χ1) is 13.3. The number of carbonyl (C=O) groups excluding carboxylic acids is 1.